The van der Waals surface area contributed by atoms with Crippen LogP contribution in [0.15, 0.2) is 35.4 Å². The lowest BCUT2D eigenvalue weighted by atomic mass is 10.1. The number of aliphatic carboxylic acids is 6. The number of imidazole rings is 1. The Bertz CT molecular complexity index is 3280. The lowest BCUT2D eigenvalue weighted by Gasteiger charge is -2.35. The molecule has 84 heavy (non-hydrogen) atoms. The maximum absolute atomic E-state index is 13.2. The maximum Gasteiger partial charge on any atom is 0.352 e. The molecule has 37 heteroatoms. The van der Waals surface area contributed by atoms with Crippen molar-refractivity contribution in [3.05, 3.63) is 63.4 Å². The van der Waals surface area contributed by atoms with Crippen molar-refractivity contribution in [2.45, 2.75) is 63.1 Å². The van der Waals surface area contributed by atoms with Gasteiger partial charge in [-0.05, 0) is 32.1 Å². The van der Waals surface area contributed by atoms with E-state index in [0.29, 0.717) is 0 Å². The first-order valence-corrected chi connectivity index (χ1v) is 26.0. The zero-order valence-electron chi connectivity index (χ0n) is 45.1. The average Bonchev–Trinajstić information content (AvgIpc) is 3.15. The van der Waals surface area contributed by atoms with E-state index in [1.54, 1.807) is 9.80 Å². The number of hydrazone groups is 1. The second kappa shape index (κ2) is 31.0. The van der Waals surface area contributed by atoms with Crippen LogP contribution in [0.5, 0.6) is 0 Å². The Balaban J connectivity index is 1.12. The number of fused-ring (bicyclic) bond motifs is 1. The molecule has 4 aromatic rings. The van der Waals surface area contributed by atoms with Gasteiger partial charge in [0.25, 0.3) is 27.6 Å². The summed E-state index contributed by atoms with van der Waals surface area (Å²) in [7, 11) is 1.36. The summed E-state index contributed by atoms with van der Waals surface area (Å²) < 4.78 is 1.96. The molecule has 0 saturated carbocycles. The first-order chi connectivity index (χ1) is 39.9. The van der Waals surface area contributed by atoms with Gasteiger partial charge in [-0.1, -0.05) is 5.21 Å². The Morgan fingerprint density at radius 1 is 0.619 bits per heavy atom. The molecule has 2 aromatic carbocycles. The molecule has 37 nitrogen and oxygen atoms in total. The summed E-state index contributed by atoms with van der Waals surface area (Å²) in [5.41, 5.74) is -3.11. The molecule has 1 saturated heterocycles. The minimum atomic E-state index is -1.61. The quantitative estimate of drug-likeness (QED) is 0.00937. The molecule has 3 atom stereocenters. The number of carbonyl (C=O) groups is 9. The molecule has 4 amide bonds. The number of rotatable bonds is 32. The normalized spacial score (nSPS) is 15.3. The van der Waals surface area contributed by atoms with Crippen LogP contribution in [0.3, 0.4) is 0 Å². The molecule has 13 N–H and O–H groups in total. The van der Waals surface area contributed by atoms with E-state index in [1.807, 2.05) is 10.2 Å². The summed E-state index contributed by atoms with van der Waals surface area (Å²) in [5, 5.41) is 83.7. The van der Waals surface area contributed by atoms with Crippen molar-refractivity contribution in [1.82, 2.24) is 60.0 Å². The fourth-order valence-electron chi connectivity index (χ4n) is 8.69. The molecule has 3 unspecified atom stereocenters. The van der Waals surface area contributed by atoms with Crippen LogP contribution in [-0.2, 0) is 40.6 Å². The number of hydrogen-bond acceptors (Lipinski definition) is 25. The molecule has 2 aromatic heterocycles. The number of unbranched alkanes of at least 4 members (excludes halogenated alkanes) is 1. The van der Waals surface area contributed by atoms with E-state index < -0.39 is 137 Å². The summed E-state index contributed by atoms with van der Waals surface area (Å²) >= 11 is 0. The zero-order valence-corrected chi connectivity index (χ0v) is 45.1. The number of nitrogens with zero attached hydrogens (tertiary/aromatic N) is 10. The van der Waals surface area contributed by atoms with E-state index in [9.17, 15) is 92.7 Å². The van der Waals surface area contributed by atoms with Crippen LogP contribution in [0, 0.1) is 0 Å². The monoisotopic (exact) mass is 1190 g/mol. The molecule has 3 heterocycles. The molecule has 456 valence electrons. The van der Waals surface area contributed by atoms with Gasteiger partial charge < -0.3 is 62.5 Å². The number of anilines is 4. The molecule has 1 fully saturated rings. The number of carbonyl (C=O) groups excluding carboxylic acids is 3. The van der Waals surface area contributed by atoms with Crippen LogP contribution < -0.4 is 64.7 Å². The van der Waals surface area contributed by atoms with Crippen molar-refractivity contribution < 1.29 is 73.8 Å². The van der Waals surface area contributed by atoms with Crippen LogP contribution in [-0.4, -0.2) is 244 Å². The summed E-state index contributed by atoms with van der Waals surface area (Å²) in [6.45, 7) is -0.221. The van der Waals surface area contributed by atoms with E-state index in [-0.39, 0.29) is 133 Å². The van der Waals surface area contributed by atoms with Crippen molar-refractivity contribution in [1.29, 1.82) is 0 Å². The second-order valence-corrected chi connectivity index (χ2v) is 19.1. The fraction of sp³-hybridized carbons (Fsp3) is 0.532. The second-order valence-electron chi connectivity index (χ2n) is 19.1. The van der Waals surface area contributed by atoms with Gasteiger partial charge in [-0.15, -0.1) is 5.10 Å². The Kier molecular flexibility index (Phi) is 24.1. The van der Waals surface area contributed by atoms with Crippen LogP contribution in [0.4, 0.5) is 27.5 Å². The molecule has 1 aliphatic heterocycles. The minimum Gasteiger partial charge on any atom is -0.481 e. The van der Waals surface area contributed by atoms with Crippen LogP contribution in [0.25, 0.3) is 5.65 Å². The lowest BCUT2D eigenvalue weighted by molar-refractivity contribution is -0.145. The topological polar surface area (TPSA) is 518 Å². The van der Waals surface area contributed by atoms with Gasteiger partial charge in [-0.25, -0.2) is 34.0 Å². The number of amides is 4. The summed E-state index contributed by atoms with van der Waals surface area (Å²) in [5.74, 6) is -9.73. The van der Waals surface area contributed by atoms with Crippen molar-refractivity contribution in [3.8, 4) is 0 Å². The van der Waals surface area contributed by atoms with E-state index in [4.69, 9.17) is 5.11 Å². The summed E-state index contributed by atoms with van der Waals surface area (Å²) in [6, 6.07) is -5.67. The number of nitrogens with one attached hydrogen (secondary N) is 7. The smallest absolute Gasteiger partial charge is 0.352 e. The van der Waals surface area contributed by atoms with Gasteiger partial charge in [0.05, 0.1) is 19.6 Å². The van der Waals surface area contributed by atoms with E-state index in [2.05, 4.69) is 52.4 Å². The predicted octanol–water partition coefficient (Wildman–Crippen LogP) is -5.83. The number of aromatic nitrogens is 5. The van der Waals surface area contributed by atoms with Crippen LogP contribution in [0.1, 0.15) is 55.4 Å². The molecule has 0 aliphatic carbocycles. The molecule has 0 spiro atoms. The Hall–Kier alpha value is -9.62. The van der Waals surface area contributed by atoms with Gasteiger partial charge in [-0.2, -0.15) is 9.78 Å². The van der Waals surface area contributed by atoms with Crippen molar-refractivity contribution >= 4 is 88.3 Å². The molecular formula is C47H63N17O20. The van der Waals surface area contributed by atoms with E-state index in [1.165, 1.54) is 18.2 Å². The number of aryl methyl sites for hydroxylation is 1. The van der Waals surface area contributed by atoms with Crippen molar-refractivity contribution in [3.63, 3.8) is 0 Å². The van der Waals surface area contributed by atoms with Gasteiger partial charge >= 0.3 is 47.5 Å². The predicted molar refractivity (Wildman–Crippen MR) is 291 cm³/mol. The largest absolute Gasteiger partial charge is 0.481 e. The third-order valence-electron chi connectivity index (χ3n) is 13.2. The first kappa shape index (κ1) is 65.2. The molecule has 0 bridgehead atoms. The van der Waals surface area contributed by atoms with Gasteiger partial charge in [0, 0.05) is 98.1 Å². The fourth-order valence-corrected chi connectivity index (χ4v) is 8.69. The number of urea groups is 1. The highest BCUT2D eigenvalue weighted by Crippen LogP contribution is 2.18. The number of hydrogen-bond donors (Lipinski definition) is 13. The maximum atomic E-state index is 13.2. The van der Waals surface area contributed by atoms with Gasteiger partial charge in [0.2, 0.25) is 5.91 Å². The average molecular weight is 1190 g/mol. The van der Waals surface area contributed by atoms with Gasteiger partial charge in [-0.3, -0.25) is 67.5 Å². The molecule has 1 aliphatic rings. The summed E-state index contributed by atoms with van der Waals surface area (Å²) in [6.07, 6.45) is 0.479. The molecular weight excluding hydrogens is 1120 g/mol. The summed E-state index contributed by atoms with van der Waals surface area (Å²) in [4.78, 5) is 182. The highest BCUT2D eigenvalue weighted by Gasteiger charge is 2.31. The van der Waals surface area contributed by atoms with E-state index >= 15 is 0 Å². The number of carboxylic acids is 6. The Labute approximate surface area is 472 Å². The lowest BCUT2D eigenvalue weighted by Crippen LogP contribution is -2.52. The highest BCUT2D eigenvalue weighted by molar-refractivity contribution is 5.98. The standard InChI is InChI=1S/C47H63N17O20/c1-59-47(84)64-24-51-36(41(64)56-58-59)42(76)57-52-11-10-49-32-33(38(73)37(32)72)50-12-13-60-14-16-61(22-30(68)69)18-20-63(21-19-62(17-15-60)23-31(70)71)27(45(81)82)6-7-28(65)55-35-34(39(74)40(35)75)48-9-3-2-4-25(43(77)78)53-46(83)54-26(44(79)80)5-8-29(66)67/h11,24-27,48-50H,2-10,12-23H2,1H3,(H,55,65)(H,57,76)(H,66,67)(H,68,69)(H,70,71)(H,77,78)(H,79,80)(H,81,82)(H2,53,54,83)/b52-11+. The highest BCUT2D eigenvalue weighted by atomic mass is 16.4. The Morgan fingerprint density at radius 3 is 1.73 bits per heavy atom. The minimum absolute atomic E-state index is 0.000160. The van der Waals surface area contributed by atoms with Gasteiger partial charge in [0.1, 0.15) is 47.2 Å². The van der Waals surface area contributed by atoms with Crippen LogP contribution >= 0.6 is 0 Å². The van der Waals surface area contributed by atoms with Crippen LogP contribution in [0.2, 0.25) is 0 Å². The SMILES string of the molecule is Cn1nnc2c(C(=O)N/N=C/CNc3c(NCCN4CCN(CC(=O)O)CCN(C(CCC(=O)Nc5c(NCCCCC(NC(=O)NC(CCC(=O)O)C(=O)O)C(=O)O)c(=O)c5=O)C(=O)O)CCN(CC(=O)O)CC4)c(=O)c3=O)ncn2c1=O. The Morgan fingerprint density at radius 2 is 1.15 bits per heavy atom. The molecule has 0 radical (unpaired) electrons. The van der Waals surface area contributed by atoms with Gasteiger partial charge in [0.15, 0.2) is 11.3 Å². The van der Waals surface area contributed by atoms with Crippen molar-refractivity contribution in [2.75, 3.05) is 113 Å². The van der Waals surface area contributed by atoms with E-state index in [0.717, 1.165) is 15.4 Å². The first-order valence-electron chi connectivity index (χ1n) is 26.0. The third-order valence-corrected chi connectivity index (χ3v) is 13.2. The molecule has 5 rings (SSSR count). The number of carboxylic acid groups (broad SMARTS) is 6. The van der Waals surface area contributed by atoms with Crippen molar-refractivity contribution in [2.24, 2.45) is 12.1 Å². The zero-order chi connectivity index (χ0) is 61.8. The third kappa shape index (κ3) is 18.7.